The Bertz CT molecular complexity index is 505. The van der Waals surface area contributed by atoms with Crippen LogP contribution in [0.1, 0.15) is 25.7 Å². The maximum absolute atomic E-state index is 12.1. The van der Waals surface area contributed by atoms with Gasteiger partial charge in [-0.2, -0.15) is 0 Å². The molecule has 3 rings (SSSR count). The summed E-state index contributed by atoms with van der Waals surface area (Å²) in [5, 5.41) is 6.51. The van der Waals surface area contributed by atoms with Crippen molar-refractivity contribution in [1.82, 2.24) is 15.2 Å². The van der Waals surface area contributed by atoms with Gasteiger partial charge in [0.05, 0.1) is 6.54 Å². The Morgan fingerprint density at radius 2 is 1.92 bits per heavy atom. The SMILES string of the molecule is Cl.Cl.O=C(CN1CCC(NCC2CC2)CC1)Nc1ccc(Br)cn1. The first kappa shape index (κ1) is 21.6. The highest BCUT2D eigenvalue weighted by atomic mass is 79.9. The molecule has 0 bridgehead atoms. The molecule has 1 saturated heterocycles. The number of pyridine rings is 1. The molecule has 2 fully saturated rings. The van der Waals surface area contributed by atoms with E-state index >= 15 is 0 Å². The predicted molar refractivity (Wildman–Crippen MR) is 105 cm³/mol. The molecule has 1 aromatic heterocycles. The van der Waals surface area contributed by atoms with E-state index in [-0.39, 0.29) is 30.7 Å². The number of hydrogen-bond acceptors (Lipinski definition) is 4. The lowest BCUT2D eigenvalue weighted by atomic mass is 10.0. The van der Waals surface area contributed by atoms with E-state index in [4.69, 9.17) is 0 Å². The van der Waals surface area contributed by atoms with Gasteiger partial charge in [-0.15, -0.1) is 24.8 Å². The van der Waals surface area contributed by atoms with Gasteiger partial charge in [0.15, 0.2) is 0 Å². The van der Waals surface area contributed by atoms with Gasteiger partial charge < -0.3 is 10.6 Å². The van der Waals surface area contributed by atoms with E-state index in [1.54, 1.807) is 12.3 Å². The monoisotopic (exact) mass is 438 g/mol. The molecule has 0 spiro atoms. The van der Waals surface area contributed by atoms with Gasteiger partial charge in [0.25, 0.3) is 0 Å². The number of carbonyl (C=O) groups is 1. The third-order valence-corrected chi connectivity index (χ3v) is 4.81. The van der Waals surface area contributed by atoms with Crippen LogP contribution in [0.2, 0.25) is 0 Å². The molecule has 2 heterocycles. The molecule has 24 heavy (non-hydrogen) atoms. The molecule has 2 N–H and O–H groups in total. The van der Waals surface area contributed by atoms with Crippen LogP contribution >= 0.6 is 40.7 Å². The Balaban J connectivity index is 0.00000144. The van der Waals surface area contributed by atoms with Crippen LogP contribution in [0, 0.1) is 5.92 Å². The van der Waals surface area contributed by atoms with Crippen LogP contribution < -0.4 is 10.6 Å². The zero-order valence-electron chi connectivity index (χ0n) is 13.5. The highest BCUT2D eigenvalue weighted by Gasteiger charge is 2.24. The fourth-order valence-corrected chi connectivity index (χ4v) is 3.02. The first-order valence-corrected chi connectivity index (χ1v) is 8.85. The summed E-state index contributed by atoms with van der Waals surface area (Å²) in [6.07, 6.45) is 6.76. The minimum atomic E-state index is 0. The largest absolute Gasteiger partial charge is 0.314 e. The number of anilines is 1. The predicted octanol–water partition coefficient (Wildman–Crippen LogP) is 3.09. The molecular formula is C16H25BrCl2N4O. The Morgan fingerprint density at radius 3 is 2.50 bits per heavy atom. The number of likely N-dealkylation sites (tertiary alicyclic amines) is 1. The lowest BCUT2D eigenvalue weighted by Crippen LogP contribution is -2.45. The second-order valence-electron chi connectivity index (χ2n) is 6.31. The van der Waals surface area contributed by atoms with Crippen LogP contribution in [0.25, 0.3) is 0 Å². The topological polar surface area (TPSA) is 57.3 Å². The van der Waals surface area contributed by atoms with Crippen molar-refractivity contribution >= 4 is 52.5 Å². The van der Waals surface area contributed by atoms with E-state index in [0.29, 0.717) is 18.4 Å². The molecular weight excluding hydrogens is 415 g/mol. The molecule has 0 atom stereocenters. The fraction of sp³-hybridized carbons (Fsp3) is 0.625. The molecule has 0 unspecified atom stereocenters. The van der Waals surface area contributed by atoms with E-state index in [2.05, 4.69) is 36.4 Å². The van der Waals surface area contributed by atoms with Crippen molar-refractivity contribution in [2.24, 2.45) is 5.92 Å². The maximum Gasteiger partial charge on any atom is 0.239 e. The lowest BCUT2D eigenvalue weighted by molar-refractivity contribution is -0.117. The van der Waals surface area contributed by atoms with E-state index < -0.39 is 0 Å². The van der Waals surface area contributed by atoms with E-state index in [9.17, 15) is 4.79 Å². The van der Waals surface area contributed by atoms with Gasteiger partial charge in [-0.3, -0.25) is 9.69 Å². The lowest BCUT2D eigenvalue weighted by Gasteiger charge is -2.32. The highest BCUT2D eigenvalue weighted by molar-refractivity contribution is 9.10. The van der Waals surface area contributed by atoms with Crippen LogP contribution in [-0.2, 0) is 4.79 Å². The summed E-state index contributed by atoms with van der Waals surface area (Å²) >= 11 is 3.33. The van der Waals surface area contributed by atoms with Gasteiger partial charge >= 0.3 is 0 Å². The van der Waals surface area contributed by atoms with Crippen LogP contribution in [0.3, 0.4) is 0 Å². The number of halogens is 3. The number of nitrogens with zero attached hydrogens (tertiary/aromatic N) is 2. The second kappa shape index (κ2) is 10.6. The quantitative estimate of drug-likeness (QED) is 0.714. The van der Waals surface area contributed by atoms with Crippen LogP contribution in [0.15, 0.2) is 22.8 Å². The van der Waals surface area contributed by atoms with Gasteiger partial charge in [0.1, 0.15) is 5.82 Å². The third kappa shape index (κ3) is 7.23. The van der Waals surface area contributed by atoms with E-state index in [1.807, 2.05) is 6.07 Å². The van der Waals surface area contributed by atoms with Crippen LogP contribution in [-0.4, -0.2) is 48.0 Å². The average Bonchev–Trinajstić information content (AvgIpc) is 3.33. The molecule has 1 aliphatic carbocycles. The number of rotatable bonds is 6. The summed E-state index contributed by atoms with van der Waals surface area (Å²) in [5.41, 5.74) is 0. The van der Waals surface area contributed by atoms with Crippen molar-refractivity contribution in [2.75, 3.05) is 31.5 Å². The summed E-state index contributed by atoms with van der Waals surface area (Å²) in [4.78, 5) is 18.4. The minimum absolute atomic E-state index is 0. The van der Waals surface area contributed by atoms with Crippen molar-refractivity contribution in [2.45, 2.75) is 31.7 Å². The number of aromatic nitrogens is 1. The number of piperidine rings is 1. The third-order valence-electron chi connectivity index (χ3n) is 4.34. The molecule has 1 aromatic rings. The van der Waals surface area contributed by atoms with Gasteiger partial charge in [-0.25, -0.2) is 4.98 Å². The maximum atomic E-state index is 12.1. The Kier molecular flexibility index (Phi) is 9.52. The Morgan fingerprint density at radius 1 is 1.21 bits per heavy atom. The number of hydrogen-bond donors (Lipinski definition) is 2. The van der Waals surface area contributed by atoms with Crippen LogP contribution in [0.4, 0.5) is 5.82 Å². The first-order valence-electron chi connectivity index (χ1n) is 8.06. The number of amides is 1. The van der Waals surface area contributed by atoms with Crippen molar-refractivity contribution in [3.63, 3.8) is 0 Å². The fourth-order valence-electron chi connectivity index (χ4n) is 2.79. The summed E-state index contributed by atoms with van der Waals surface area (Å²) in [6.45, 7) is 3.61. The molecule has 2 aliphatic rings. The van der Waals surface area contributed by atoms with Crippen molar-refractivity contribution in [3.05, 3.63) is 22.8 Å². The van der Waals surface area contributed by atoms with Crippen LogP contribution in [0.5, 0.6) is 0 Å². The average molecular weight is 440 g/mol. The minimum Gasteiger partial charge on any atom is -0.314 e. The Hall–Kier alpha value is -0.400. The molecule has 1 aliphatic heterocycles. The molecule has 1 amide bonds. The summed E-state index contributed by atoms with van der Waals surface area (Å²) in [5.74, 6) is 1.55. The smallest absolute Gasteiger partial charge is 0.239 e. The first-order chi connectivity index (χ1) is 10.7. The van der Waals surface area contributed by atoms with Crippen molar-refractivity contribution < 1.29 is 4.79 Å². The molecule has 0 radical (unpaired) electrons. The molecule has 5 nitrogen and oxygen atoms in total. The van der Waals surface area contributed by atoms with Gasteiger partial charge in [-0.05, 0) is 66.2 Å². The zero-order chi connectivity index (χ0) is 15.4. The van der Waals surface area contributed by atoms with Gasteiger partial charge in [-0.1, -0.05) is 0 Å². The standard InChI is InChI=1S/C16H23BrN4O.2ClH/c17-13-3-4-15(19-10-13)20-16(22)11-21-7-5-14(6-8-21)18-9-12-1-2-12;;/h3-4,10,12,14,18H,1-2,5-9,11H2,(H,19,20,22);2*1H. The van der Waals surface area contributed by atoms with Crippen molar-refractivity contribution in [1.29, 1.82) is 0 Å². The molecule has 1 saturated carbocycles. The van der Waals surface area contributed by atoms with Crippen molar-refractivity contribution in [3.8, 4) is 0 Å². The molecule has 136 valence electrons. The molecule has 8 heteroatoms. The van der Waals surface area contributed by atoms with E-state index in [0.717, 1.165) is 36.3 Å². The number of carbonyl (C=O) groups excluding carboxylic acids is 1. The summed E-state index contributed by atoms with van der Waals surface area (Å²) < 4.78 is 0.909. The number of nitrogens with one attached hydrogen (secondary N) is 2. The van der Waals surface area contributed by atoms with Gasteiger partial charge in [0.2, 0.25) is 5.91 Å². The Labute approximate surface area is 164 Å². The highest BCUT2D eigenvalue weighted by Crippen LogP contribution is 2.28. The zero-order valence-corrected chi connectivity index (χ0v) is 16.8. The summed E-state index contributed by atoms with van der Waals surface area (Å²) in [6, 6.07) is 4.31. The van der Waals surface area contributed by atoms with Gasteiger partial charge in [0, 0.05) is 29.8 Å². The molecule has 0 aromatic carbocycles. The second-order valence-corrected chi connectivity index (χ2v) is 7.23. The van der Waals surface area contributed by atoms with E-state index in [1.165, 1.54) is 19.4 Å². The summed E-state index contributed by atoms with van der Waals surface area (Å²) in [7, 11) is 0. The normalized spacial score (nSPS) is 18.4.